The lowest BCUT2D eigenvalue weighted by molar-refractivity contribution is -0.131. The normalized spacial score (nSPS) is 11.9. The Morgan fingerprint density at radius 1 is 0.941 bits per heavy atom. The Kier molecular flexibility index (Phi) is 10.3. The van der Waals surface area contributed by atoms with Crippen LogP contribution in [0.3, 0.4) is 0 Å². The lowest BCUT2D eigenvalue weighted by Gasteiger charge is -2.15. The average Bonchev–Trinajstić information content (AvgIpc) is 2.85. The second kappa shape index (κ2) is 13.6. The minimum atomic E-state index is -0.735. The van der Waals surface area contributed by atoms with E-state index in [1.165, 1.54) is 18.1 Å². The molecule has 0 aromatic heterocycles. The molecule has 6 heteroatoms. The highest BCUT2D eigenvalue weighted by molar-refractivity contribution is 5.69. The van der Waals surface area contributed by atoms with Crippen molar-refractivity contribution in [1.82, 2.24) is 5.32 Å². The molecule has 0 aliphatic rings. The molecule has 6 nitrogen and oxygen atoms in total. The standard InChI is InChI=1S/C28H33NO5/c1-21(31)34-28-11-10-25(17-26(28)19-30)27(32)18-29-14-12-23-8-5-9-24(16-23)20-33-15-13-22-6-3-2-4-7-22/h2-11,16-17,27,29-30,32H,12-15,18-20H2,1H3/t27-/m0/s1. The van der Waals surface area contributed by atoms with Gasteiger partial charge in [0, 0.05) is 19.0 Å². The summed E-state index contributed by atoms with van der Waals surface area (Å²) >= 11 is 0. The molecule has 1 atom stereocenters. The zero-order valence-corrected chi connectivity index (χ0v) is 19.6. The summed E-state index contributed by atoms with van der Waals surface area (Å²) in [7, 11) is 0. The minimum Gasteiger partial charge on any atom is -0.426 e. The van der Waals surface area contributed by atoms with E-state index in [1.54, 1.807) is 18.2 Å². The van der Waals surface area contributed by atoms with Gasteiger partial charge in [-0.15, -0.1) is 0 Å². The number of aliphatic hydroxyl groups is 2. The summed E-state index contributed by atoms with van der Waals surface area (Å²) in [5.41, 5.74) is 4.75. The SMILES string of the molecule is CC(=O)Oc1ccc([C@@H](O)CNCCc2cccc(COCCc3ccccc3)c2)cc1CO. The zero-order chi connectivity index (χ0) is 24.2. The van der Waals surface area contributed by atoms with E-state index >= 15 is 0 Å². The summed E-state index contributed by atoms with van der Waals surface area (Å²) < 4.78 is 10.9. The van der Waals surface area contributed by atoms with Crippen molar-refractivity contribution in [2.75, 3.05) is 19.7 Å². The number of aliphatic hydroxyl groups excluding tert-OH is 2. The largest absolute Gasteiger partial charge is 0.426 e. The van der Waals surface area contributed by atoms with Gasteiger partial charge in [-0.1, -0.05) is 60.7 Å². The Morgan fingerprint density at radius 3 is 2.47 bits per heavy atom. The number of benzene rings is 3. The fourth-order valence-electron chi connectivity index (χ4n) is 3.67. The summed E-state index contributed by atoms with van der Waals surface area (Å²) in [6.07, 6.45) is 0.998. The quantitative estimate of drug-likeness (QED) is 0.203. The molecule has 3 aromatic rings. The van der Waals surface area contributed by atoms with Crippen molar-refractivity contribution in [3.05, 3.63) is 101 Å². The van der Waals surface area contributed by atoms with Crippen LogP contribution in [0.4, 0.5) is 0 Å². The van der Waals surface area contributed by atoms with Gasteiger partial charge in [-0.2, -0.15) is 0 Å². The molecule has 180 valence electrons. The first-order valence-corrected chi connectivity index (χ1v) is 11.6. The van der Waals surface area contributed by atoms with Gasteiger partial charge >= 0.3 is 5.97 Å². The smallest absolute Gasteiger partial charge is 0.308 e. The summed E-state index contributed by atoms with van der Waals surface area (Å²) in [6.45, 7) is 3.40. The van der Waals surface area contributed by atoms with Crippen LogP contribution in [0.2, 0.25) is 0 Å². The Bertz CT molecular complexity index is 1040. The van der Waals surface area contributed by atoms with Crippen LogP contribution in [0.15, 0.2) is 72.8 Å². The van der Waals surface area contributed by atoms with Gasteiger partial charge in [-0.05, 0) is 53.8 Å². The molecule has 0 heterocycles. The third kappa shape index (κ3) is 8.39. The van der Waals surface area contributed by atoms with Gasteiger partial charge in [0.25, 0.3) is 0 Å². The van der Waals surface area contributed by atoms with Gasteiger partial charge < -0.3 is 25.0 Å². The summed E-state index contributed by atoms with van der Waals surface area (Å²) in [6, 6.07) is 23.6. The van der Waals surface area contributed by atoms with Crippen molar-refractivity contribution in [1.29, 1.82) is 0 Å². The van der Waals surface area contributed by atoms with Crippen molar-refractivity contribution < 1.29 is 24.5 Å². The summed E-state index contributed by atoms with van der Waals surface area (Å²) in [5.74, 6) is -0.143. The van der Waals surface area contributed by atoms with Crippen LogP contribution in [-0.2, 0) is 35.6 Å². The van der Waals surface area contributed by atoms with Gasteiger partial charge in [-0.3, -0.25) is 4.79 Å². The van der Waals surface area contributed by atoms with E-state index in [1.807, 2.05) is 24.3 Å². The minimum absolute atomic E-state index is 0.275. The third-order valence-electron chi connectivity index (χ3n) is 5.46. The predicted molar refractivity (Wildman–Crippen MR) is 131 cm³/mol. The van der Waals surface area contributed by atoms with E-state index in [4.69, 9.17) is 9.47 Å². The van der Waals surface area contributed by atoms with Crippen LogP contribution in [0.25, 0.3) is 0 Å². The van der Waals surface area contributed by atoms with Crippen molar-refractivity contribution in [3.63, 3.8) is 0 Å². The molecule has 0 spiro atoms. The highest BCUT2D eigenvalue weighted by Crippen LogP contribution is 2.24. The average molecular weight is 464 g/mol. The van der Waals surface area contributed by atoms with Crippen LogP contribution in [-0.4, -0.2) is 35.9 Å². The number of nitrogens with one attached hydrogen (secondary N) is 1. The lowest BCUT2D eigenvalue weighted by Crippen LogP contribution is -2.24. The number of carbonyl (C=O) groups is 1. The molecule has 3 N–H and O–H groups in total. The molecule has 3 aromatic carbocycles. The van der Waals surface area contributed by atoms with E-state index in [0.717, 1.165) is 18.4 Å². The molecular weight excluding hydrogens is 430 g/mol. The number of hydrogen-bond donors (Lipinski definition) is 3. The van der Waals surface area contributed by atoms with E-state index < -0.39 is 12.1 Å². The van der Waals surface area contributed by atoms with Gasteiger partial charge in [0.1, 0.15) is 5.75 Å². The Hall–Kier alpha value is -3.03. The number of esters is 1. The van der Waals surface area contributed by atoms with Gasteiger partial charge in [-0.25, -0.2) is 0 Å². The van der Waals surface area contributed by atoms with Crippen molar-refractivity contribution in [2.24, 2.45) is 0 Å². The van der Waals surface area contributed by atoms with Crippen LogP contribution in [0.5, 0.6) is 5.75 Å². The number of hydrogen-bond acceptors (Lipinski definition) is 6. The van der Waals surface area contributed by atoms with Gasteiger partial charge in [0.15, 0.2) is 0 Å². The van der Waals surface area contributed by atoms with E-state index in [-0.39, 0.29) is 6.61 Å². The molecule has 0 aliphatic heterocycles. The first kappa shape index (κ1) is 25.6. The molecule has 0 radical (unpaired) electrons. The fraction of sp³-hybridized carbons (Fsp3) is 0.321. The van der Waals surface area contributed by atoms with Crippen molar-refractivity contribution in [2.45, 2.75) is 39.1 Å². The highest BCUT2D eigenvalue weighted by atomic mass is 16.5. The van der Waals surface area contributed by atoms with Crippen LogP contribution >= 0.6 is 0 Å². The summed E-state index contributed by atoms with van der Waals surface area (Å²) in [5, 5.41) is 23.3. The topological polar surface area (TPSA) is 88.0 Å². The number of carbonyl (C=O) groups excluding carboxylic acids is 1. The van der Waals surface area contributed by atoms with Crippen LogP contribution in [0, 0.1) is 0 Å². The monoisotopic (exact) mass is 463 g/mol. The maximum atomic E-state index is 11.2. The maximum absolute atomic E-state index is 11.2. The second-order valence-electron chi connectivity index (χ2n) is 8.20. The Labute approximate surface area is 201 Å². The van der Waals surface area contributed by atoms with Crippen molar-refractivity contribution in [3.8, 4) is 5.75 Å². The van der Waals surface area contributed by atoms with E-state index in [0.29, 0.717) is 43.2 Å². The molecule has 0 unspecified atom stereocenters. The fourth-order valence-corrected chi connectivity index (χ4v) is 3.67. The molecule has 0 aliphatic carbocycles. The van der Waals surface area contributed by atoms with E-state index in [2.05, 4.69) is 35.6 Å². The predicted octanol–water partition coefficient (Wildman–Crippen LogP) is 3.73. The maximum Gasteiger partial charge on any atom is 0.308 e. The molecule has 0 fully saturated rings. The molecule has 0 amide bonds. The molecule has 3 rings (SSSR count). The molecule has 34 heavy (non-hydrogen) atoms. The van der Waals surface area contributed by atoms with Crippen LogP contribution in [0.1, 0.15) is 40.8 Å². The van der Waals surface area contributed by atoms with E-state index in [9.17, 15) is 15.0 Å². The third-order valence-corrected chi connectivity index (χ3v) is 5.46. The zero-order valence-electron chi connectivity index (χ0n) is 19.6. The second-order valence-corrected chi connectivity index (χ2v) is 8.20. The molecule has 0 saturated carbocycles. The lowest BCUT2D eigenvalue weighted by atomic mass is 10.0. The van der Waals surface area contributed by atoms with Crippen molar-refractivity contribution >= 4 is 5.97 Å². The van der Waals surface area contributed by atoms with Gasteiger partial charge in [0.05, 0.1) is 25.9 Å². The molecule has 0 saturated heterocycles. The Morgan fingerprint density at radius 2 is 1.71 bits per heavy atom. The first-order chi connectivity index (χ1) is 16.5. The number of rotatable bonds is 13. The Balaban J connectivity index is 1.40. The molecule has 0 bridgehead atoms. The van der Waals surface area contributed by atoms with Gasteiger partial charge in [0.2, 0.25) is 0 Å². The first-order valence-electron chi connectivity index (χ1n) is 11.6. The highest BCUT2D eigenvalue weighted by Gasteiger charge is 2.12. The molecular formula is C28H33NO5. The number of ether oxygens (including phenoxy) is 2. The van der Waals surface area contributed by atoms with Crippen LogP contribution < -0.4 is 10.1 Å². The summed E-state index contributed by atoms with van der Waals surface area (Å²) in [4.78, 5) is 11.2.